The normalized spacial score (nSPS) is 20.9. The van der Waals surface area contributed by atoms with Crippen LogP contribution in [0.25, 0.3) is 17.5 Å². The zero-order valence-electron chi connectivity index (χ0n) is 30.7. The molecule has 2 aromatic carbocycles. The molecular weight excluding hydrogens is 620 g/mol. The highest BCUT2D eigenvalue weighted by atomic mass is 32.1. The van der Waals surface area contributed by atoms with E-state index in [1.807, 2.05) is 11.3 Å². The lowest BCUT2D eigenvalue weighted by Gasteiger charge is -2.51. The third kappa shape index (κ3) is 6.21. The first-order chi connectivity index (χ1) is 23.3. The zero-order valence-corrected chi connectivity index (χ0v) is 32.4. The molecule has 3 aliphatic rings. The minimum atomic E-state index is -1.85. The van der Waals surface area contributed by atoms with Crippen molar-refractivity contribution in [2.24, 2.45) is 0 Å². The monoisotopic (exact) mass is 678 g/mol. The first-order valence-corrected chi connectivity index (χ1v) is 22.1. The van der Waals surface area contributed by atoms with Crippen LogP contribution in [-0.4, -0.2) is 26.1 Å². The summed E-state index contributed by atoms with van der Waals surface area (Å²) in [5, 5.41) is 3.98. The van der Waals surface area contributed by atoms with E-state index in [2.05, 4.69) is 111 Å². The first kappa shape index (κ1) is 34.0. The molecule has 0 spiro atoms. The second kappa shape index (κ2) is 14.4. The largest absolute Gasteiger partial charge is 0.301 e. The molecule has 3 saturated carbocycles. The Morgan fingerprint density at radius 2 is 1.10 bits per heavy atom. The van der Waals surface area contributed by atoms with Gasteiger partial charge in [0, 0.05) is 22.9 Å². The van der Waals surface area contributed by atoms with Gasteiger partial charge in [0.05, 0.1) is 11.4 Å². The maximum atomic E-state index is 2.80. The summed E-state index contributed by atoms with van der Waals surface area (Å²) in [6.07, 6.45) is 27.2. The second-order valence-electron chi connectivity index (χ2n) is 15.7. The van der Waals surface area contributed by atoms with Gasteiger partial charge < -0.3 is 9.13 Å². The Hall–Kier alpha value is -2.48. The van der Waals surface area contributed by atoms with Gasteiger partial charge in [-0.05, 0) is 144 Å². The van der Waals surface area contributed by atoms with Crippen molar-refractivity contribution in [1.82, 2.24) is 9.13 Å². The Morgan fingerprint density at radius 3 is 1.56 bits per heavy atom. The Kier molecular flexibility index (Phi) is 10.2. The lowest BCUT2D eigenvalue weighted by Crippen LogP contribution is -2.34. The number of nitrogens with zero attached hydrogens (tertiary/aromatic N) is 2. The van der Waals surface area contributed by atoms with Crippen LogP contribution in [0.1, 0.15) is 128 Å². The standard InChI is InChI=1S/C44H59N2PS/c1-31-26-33(3)42(34(4)27-31)45-23-24-46(43-35(5)28-32(2)29-36(43)6)44(45)47(38-17-9-7-10-18-38,39-19-11-8-12-20-39)41-22-14-13-16-37(41)30-40-21-15-25-48-40/h15,21,23-30,38-39,41H,7-14,16-20,22H2,1-6H3. The highest BCUT2D eigenvalue weighted by molar-refractivity contribution is 7.70. The molecule has 1 atom stereocenters. The van der Waals surface area contributed by atoms with Gasteiger partial charge in [-0.2, -0.15) is 0 Å². The molecule has 256 valence electrons. The van der Waals surface area contributed by atoms with Gasteiger partial charge in [0.1, 0.15) is 5.20 Å². The number of rotatable bonds is 6. The average molecular weight is 679 g/mol. The van der Waals surface area contributed by atoms with E-state index in [9.17, 15) is 0 Å². The number of allylic oxidation sites excluding steroid dienone is 1. The predicted octanol–water partition coefficient (Wildman–Crippen LogP) is 13.4. The fourth-order valence-electron chi connectivity index (χ4n) is 10.7. The Labute approximate surface area is 295 Å². The molecule has 2 heterocycles. The maximum absolute atomic E-state index is 2.80. The summed E-state index contributed by atoms with van der Waals surface area (Å²) < 4.78 is 5.61. The summed E-state index contributed by atoms with van der Waals surface area (Å²) in [5.74, 6) is 0. The van der Waals surface area contributed by atoms with E-state index >= 15 is 0 Å². The van der Waals surface area contributed by atoms with E-state index in [0.29, 0.717) is 5.66 Å². The minimum absolute atomic E-state index is 0.663. The molecule has 0 aliphatic heterocycles. The quantitative estimate of drug-likeness (QED) is 0.180. The van der Waals surface area contributed by atoms with Crippen molar-refractivity contribution < 1.29 is 0 Å². The van der Waals surface area contributed by atoms with Gasteiger partial charge in [-0.25, -0.2) is 0 Å². The highest BCUT2D eigenvalue weighted by Crippen LogP contribution is 2.72. The van der Waals surface area contributed by atoms with Crippen molar-refractivity contribution in [3.8, 4) is 11.4 Å². The molecule has 3 fully saturated rings. The number of hydrogen-bond donors (Lipinski definition) is 0. The number of aromatic nitrogens is 2. The van der Waals surface area contributed by atoms with Crippen LogP contribution in [0.15, 0.2) is 59.7 Å². The van der Waals surface area contributed by atoms with Crippen LogP contribution in [0.3, 0.4) is 0 Å². The third-order valence-corrected chi connectivity index (χ3v) is 19.3. The highest BCUT2D eigenvalue weighted by Gasteiger charge is 2.47. The van der Waals surface area contributed by atoms with E-state index in [0.717, 1.165) is 11.3 Å². The SMILES string of the molecule is Cc1cc(C)c(-n2ccn(-c3c(C)cc(C)cc3C)c2=P(C2CCCCC2)(C2CCCCC2)C2CCCCC2=Cc2cccs2)c(C)c1. The van der Waals surface area contributed by atoms with Crippen LogP contribution in [0.5, 0.6) is 0 Å². The number of benzene rings is 2. The molecule has 4 heteroatoms. The minimum Gasteiger partial charge on any atom is -0.301 e. The number of hydrogen-bond acceptors (Lipinski definition) is 1. The van der Waals surface area contributed by atoms with Gasteiger partial charge in [-0.15, -0.1) is 11.3 Å². The van der Waals surface area contributed by atoms with E-state index in [1.165, 1.54) is 140 Å². The molecule has 3 aliphatic carbocycles. The van der Waals surface area contributed by atoms with Crippen LogP contribution in [0, 0.1) is 46.7 Å². The Balaban J connectivity index is 1.71. The number of aryl methyl sites for hydroxylation is 6. The van der Waals surface area contributed by atoms with Crippen molar-refractivity contribution in [3.05, 3.63) is 103 Å². The predicted molar refractivity (Wildman–Crippen MR) is 212 cm³/mol. The van der Waals surface area contributed by atoms with E-state index in [-0.39, 0.29) is 0 Å². The van der Waals surface area contributed by atoms with Crippen LogP contribution in [-0.2, 0) is 0 Å². The Bertz CT molecular complexity index is 1720. The van der Waals surface area contributed by atoms with Gasteiger partial charge in [-0.3, -0.25) is 0 Å². The van der Waals surface area contributed by atoms with Crippen molar-refractivity contribution in [2.45, 2.75) is 148 Å². The summed E-state index contributed by atoms with van der Waals surface area (Å²) >= 11 is 1.93. The van der Waals surface area contributed by atoms with Crippen molar-refractivity contribution in [2.75, 3.05) is 0 Å². The summed E-state index contributed by atoms with van der Waals surface area (Å²) in [5.41, 5.74) is 15.3. The average Bonchev–Trinajstić information content (AvgIpc) is 3.73. The number of imidazole rings is 1. The summed E-state index contributed by atoms with van der Waals surface area (Å²) in [7, 11) is 0. The molecule has 0 N–H and O–H groups in total. The van der Waals surface area contributed by atoms with Gasteiger partial charge in [0.15, 0.2) is 0 Å². The van der Waals surface area contributed by atoms with Crippen molar-refractivity contribution in [3.63, 3.8) is 0 Å². The van der Waals surface area contributed by atoms with E-state index in [1.54, 1.807) is 10.8 Å². The third-order valence-electron chi connectivity index (χ3n) is 12.3. The zero-order chi connectivity index (χ0) is 33.4. The Morgan fingerprint density at radius 1 is 0.625 bits per heavy atom. The second-order valence-corrected chi connectivity index (χ2v) is 20.9. The fourth-order valence-corrected chi connectivity index (χ4v) is 18.8. The van der Waals surface area contributed by atoms with E-state index < -0.39 is 6.89 Å². The molecule has 7 rings (SSSR count). The molecule has 0 saturated heterocycles. The number of thiophene rings is 1. The lowest BCUT2D eigenvalue weighted by molar-refractivity contribution is 0.472. The van der Waals surface area contributed by atoms with Crippen LogP contribution >= 0.6 is 18.2 Å². The molecule has 48 heavy (non-hydrogen) atoms. The van der Waals surface area contributed by atoms with Gasteiger partial charge in [-0.1, -0.05) is 92.0 Å². The molecule has 0 radical (unpaired) electrons. The first-order valence-electron chi connectivity index (χ1n) is 19.2. The van der Waals surface area contributed by atoms with Gasteiger partial charge >= 0.3 is 0 Å². The topological polar surface area (TPSA) is 9.86 Å². The van der Waals surface area contributed by atoms with Gasteiger partial charge in [0.25, 0.3) is 0 Å². The van der Waals surface area contributed by atoms with Gasteiger partial charge in [0.2, 0.25) is 0 Å². The molecule has 2 aromatic heterocycles. The van der Waals surface area contributed by atoms with Crippen LogP contribution in [0.2, 0.25) is 0 Å². The lowest BCUT2D eigenvalue weighted by atomic mass is 9.93. The van der Waals surface area contributed by atoms with Crippen molar-refractivity contribution in [1.29, 1.82) is 0 Å². The summed E-state index contributed by atoms with van der Waals surface area (Å²) in [6.45, 7) is 12.2. The smallest absolute Gasteiger partial charge is 0.117 e. The molecule has 1 unspecified atom stereocenters. The van der Waals surface area contributed by atoms with Crippen molar-refractivity contribution >= 4 is 24.3 Å². The van der Waals surface area contributed by atoms with E-state index in [4.69, 9.17) is 0 Å². The summed E-state index contributed by atoms with van der Waals surface area (Å²) in [6, 6.07) is 14.4. The molecule has 4 aromatic rings. The van der Waals surface area contributed by atoms with Crippen LogP contribution < -0.4 is 0 Å². The fraction of sp³-hybridized carbons (Fsp3) is 0.523. The maximum Gasteiger partial charge on any atom is 0.117 e. The summed E-state index contributed by atoms with van der Waals surface area (Å²) in [4.78, 5) is 1.46. The molecule has 0 bridgehead atoms. The molecule has 0 amide bonds. The molecule has 2 nitrogen and oxygen atoms in total. The molecular formula is C44H59N2PS. The van der Waals surface area contributed by atoms with Crippen LogP contribution in [0.4, 0.5) is 0 Å².